The maximum absolute atomic E-state index is 15.9. The zero-order valence-corrected chi connectivity index (χ0v) is 47.6. The number of hydrogen-bond acceptors (Lipinski definition) is 11. The van der Waals surface area contributed by atoms with Gasteiger partial charge in [0.1, 0.15) is 39.2 Å². The molecule has 8 aromatic rings. The molecular formula is C64H60Cl2F3N7O6S. The first kappa shape index (κ1) is 56.2. The predicted molar refractivity (Wildman–Crippen MR) is 315 cm³/mol. The van der Waals surface area contributed by atoms with Crippen molar-refractivity contribution in [1.82, 2.24) is 29.3 Å². The zero-order chi connectivity index (χ0) is 57.3. The van der Waals surface area contributed by atoms with Gasteiger partial charge < -0.3 is 19.1 Å². The van der Waals surface area contributed by atoms with E-state index >= 15 is 13.2 Å². The second-order valence-electron chi connectivity index (χ2n) is 21.8. The Balaban J connectivity index is 0.846. The van der Waals surface area contributed by atoms with Gasteiger partial charge in [-0.3, -0.25) is 14.6 Å². The quantitative estimate of drug-likeness (QED) is 0.0874. The lowest BCUT2D eigenvalue weighted by Crippen LogP contribution is -2.55. The number of likely N-dealkylation sites (tertiary alicyclic amines) is 1. The minimum Gasteiger partial charge on any atom is -0.473 e. The highest BCUT2D eigenvalue weighted by atomic mass is 35.5. The second kappa shape index (κ2) is 23.4. The lowest BCUT2D eigenvalue weighted by Gasteiger charge is -2.43. The van der Waals surface area contributed by atoms with Crippen molar-refractivity contribution in [1.29, 1.82) is 0 Å². The van der Waals surface area contributed by atoms with Crippen LogP contribution in [0.15, 0.2) is 181 Å². The Bertz CT molecular complexity index is 3690. The number of amides is 1. The van der Waals surface area contributed by atoms with Gasteiger partial charge >= 0.3 is 0 Å². The topological polar surface area (TPSA) is 131 Å². The number of fused-ring (bicyclic) bond motifs is 1. The Morgan fingerprint density at radius 1 is 0.735 bits per heavy atom. The molecule has 0 saturated carbocycles. The zero-order valence-electron chi connectivity index (χ0n) is 45.3. The standard InChI is InChI=1S/C64H60Cl2F3N7O6S/c65-49-21-19-44(20-22-49)53-25-26-63(68,69)37-45(53)40-73-31-33-75(34-32-73)50-23-24-54(60(77)72-83(78,79)52-36-56(66)61(70-38-52)81-43-62(67)27-29-74(30-28-62)51-41-80-42-51)59(35-50)82-58-18-10-17-57-55(58)39-71-76(57)64(46-11-4-1-5-12-46,47-13-6-2-7-14-47)48-15-8-3-9-16-48/h1-24,35-36,38-39,51H,25-34,37,40-43H2,(H,72,77). The number of allylic oxidation sites excluding steroid dienone is 1. The minimum atomic E-state index is -4.64. The van der Waals surface area contributed by atoms with Crippen LogP contribution in [0, 0.1) is 0 Å². The van der Waals surface area contributed by atoms with Crippen LogP contribution >= 0.6 is 23.2 Å². The molecule has 4 aliphatic rings. The number of rotatable bonds is 17. The third-order valence-electron chi connectivity index (χ3n) is 16.5. The molecule has 1 amide bonds. The number of benzene rings is 6. The molecule has 1 aliphatic carbocycles. The van der Waals surface area contributed by atoms with Gasteiger partial charge in [-0.25, -0.2) is 36.0 Å². The van der Waals surface area contributed by atoms with Crippen molar-refractivity contribution in [3.8, 4) is 17.4 Å². The molecule has 1 N–H and O–H groups in total. The van der Waals surface area contributed by atoms with Gasteiger partial charge in [0.25, 0.3) is 21.9 Å². The summed E-state index contributed by atoms with van der Waals surface area (Å²) in [5, 5.41) is 6.15. The summed E-state index contributed by atoms with van der Waals surface area (Å²) in [5.74, 6) is -3.56. The van der Waals surface area contributed by atoms with E-state index in [-0.39, 0.29) is 60.9 Å². The molecule has 0 spiro atoms. The number of nitrogens with zero attached hydrogens (tertiary/aromatic N) is 6. The molecule has 0 atom stereocenters. The molecule has 12 rings (SSSR count). The molecule has 6 aromatic carbocycles. The van der Waals surface area contributed by atoms with Crippen LogP contribution < -0.4 is 19.1 Å². The van der Waals surface area contributed by atoms with E-state index in [0.29, 0.717) is 98.0 Å². The number of ether oxygens (including phenoxy) is 3. The van der Waals surface area contributed by atoms with E-state index in [4.69, 9.17) is 42.5 Å². The molecule has 13 nitrogen and oxygen atoms in total. The SMILES string of the molecule is O=C(NS(=O)(=O)c1cnc(OCC2(F)CCN(C3COC3)CC2)c(Cl)c1)c1ccc(N2CCN(CC3=C(c4ccc(Cl)cc4)CCC(F)(F)C3)CC2)cc1Oc1cccc2c1cnn2C(c1ccccc1)(c1ccccc1)c1ccccc1. The number of sulfonamides is 1. The lowest BCUT2D eigenvalue weighted by atomic mass is 9.77. The van der Waals surface area contributed by atoms with Crippen LogP contribution in [-0.2, 0) is 20.3 Å². The summed E-state index contributed by atoms with van der Waals surface area (Å²) in [6, 6.07) is 49.6. The number of anilines is 1. The van der Waals surface area contributed by atoms with E-state index in [1.54, 1.807) is 36.5 Å². The monoisotopic (exact) mass is 1180 g/mol. The van der Waals surface area contributed by atoms with Crippen molar-refractivity contribution in [3.05, 3.63) is 214 Å². The fourth-order valence-electron chi connectivity index (χ4n) is 11.9. The molecule has 5 heterocycles. The van der Waals surface area contributed by atoms with Crippen LogP contribution in [0.4, 0.5) is 18.9 Å². The van der Waals surface area contributed by atoms with Crippen LogP contribution in [-0.4, -0.2) is 122 Å². The van der Waals surface area contributed by atoms with E-state index in [0.717, 1.165) is 40.1 Å². The van der Waals surface area contributed by atoms with E-state index in [2.05, 4.69) is 60.8 Å². The number of piperazine rings is 1. The summed E-state index contributed by atoms with van der Waals surface area (Å²) in [7, 11) is -4.64. The largest absolute Gasteiger partial charge is 0.473 e. The molecule has 0 bridgehead atoms. The Morgan fingerprint density at radius 2 is 1.39 bits per heavy atom. The molecule has 3 aliphatic heterocycles. The molecule has 0 radical (unpaired) electrons. The molecule has 3 fully saturated rings. The predicted octanol–water partition coefficient (Wildman–Crippen LogP) is 12.5. The summed E-state index contributed by atoms with van der Waals surface area (Å²) < 4.78 is 96.3. The van der Waals surface area contributed by atoms with Crippen LogP contribution in [0.25, 0.3) is 16.5 Å². The number of piperidine rings is 1. The summed E-state index contributed by atoms with van der Waals surface area (Å²) in [4.78, 5) is 24.8. The van der Waals surface area contributed by atoms with Gasteiger partial charge in [-0.15, -0.1) is 0 Å². The molecule has 428 valence electrons. The third kappa shape index (κ3) is 11.7. The number of aromatic nitrogens is 3. The molecule has 3 saturated heterocycles. The average molecular weight is 1180 g/mol. The van der Waals surface area contributed by atoms with Gasteiger partial charge in [-0.05, 0) is 95.1 Å². The number of pyridine rings is 1. The molecule has 2 aromatic heterocycles. The van der Waals surface area contributed by atoms with Crippen LogP contribution in [0.1, 0.15) is 64.7 Å². The van der Waals surface area contributed by atoms with Gasteiger partial charge in [0.15, 0.2) is 0 Å². The molecular weight excluding hydrogens is 1120 g/mol. The Labute approximate surface area is 490 Å². The van der Waals surface area contributed by atoms with Gasteiger partial charge in [0.2, 0.25) is 5.88 Å². The van der Waals surface area contributed by atoms with Gasteiger partial charge in [-0.2, -0.15) is 5.10 Å². The van der Waals surface area contributed by atoms with Gasteiger partial charge in [0, 0.05) is 75.4 Å². The van der Waals surface area contributed by atoms with E-state index < -0.39 is 38.0 Å². The van der Waals surface area contributed by atoms with Crippen LogP contribution in [0.3, 0.4) is 0 Å². The van der Waals surface area contributed by atoms with E-state index in [1.165, 1.54) is 6.07 Å². The fourth-order valence-corrected chi connectivity index (χ4v) is 13.3. The summed E-state index contributed by atoms with van der Waals surface area (Å²) in [6.45, 7) is 4.57. The number of hydrogen-bond donors (Lipinski definition) is 1. The summed E-state index contributed by atoms with van der Waals surface area (Å²) in [5.41, 5.74) is 4.08. The maximum atomic E-state index is 15.9. The minimum absolute atomic E-state index is 0.0485. The second-order valence-corrected chi connectivity index (χ2v) is 24.3. The average Bonchev–Trinajstić information content (AvgIpc) is 2.64. The normalized spacial score (nSPS) is 18.0. The van der Waals surface area contributed by atoms with Crippen molar-refractivity contribution in [2.24, 2.45) is 0 Å². The summed E-state index contributed by atoms with van der Waals surface area (Å²) >= 11 is 12.8. The van der Waals surface area contributed by atoms with Crippen LogP contribution in [0.2, 0.25) is 10.0 Å². The Hall–Kier alpha value is -7.25. The highest BCUT2D eigenvalue weighted by molar-refractivity contribution is 7.90. The first-order valence-electron chi connectivity index (χ1n) is 27.8. The van der Waals surface area contributed by atoms with E-state index in [1.807, 2.05) is 83.5 Å². The first-order chi connectivity index (χ1) is 40.1. The van der Waals surface area contributed by atoms with Gasteiger partial charge in [-0.1, -0.05) is 132 Å². The highest BCUT2D eigenvalue weighted by Crippen LogP contribution is 2.45. The lowest BCUT2D eigenvalue weighted by molar-refractivity contribution is -0.0892. The smallest absolute Gasteiger partial charge is 0.268 e. The Morgan fingerprint density at radius 3 is 2.00 bits per heavy atom. The number of carbonyl (C=O) groups excluding carboxylic acids is 1. The van der Waals surface area contributed by atoms with Crippen LogP contribution in [0.5, 0.6) is 17.4 Å². The van der Waals surface area contributed by atoms with Crippen molar-refractivity contribution in [2.45, 2.75) is 60.2 Å². The van der Waals surface area contributed by atoms with Crippen molar-refractivity contribution in [2.75, 3.05) is 70.5 Å². The number of halogens is 5. The molecule has 19 heteroatoms. The molecule has 83 heavy (non-hydrogen) atoms. The third-order valence-corrected chi connectivity index (χ3v) is 18.3. The van der Waals surface area contributed by atoms with Crippen molar-refractivity contribution in [3.63, 3.8) is 0 Å². The fraction of sp³-hybridized carbons (Fsp3) is 0.297. The number of nitrogens with one attached hydrogen (secondary N) is 1. The maximum Gasteiger partial charge on any atom is 0.268 e. The number of carbonyl (C=O) groups is 1. The van der Waals surface area contributed by atoms with E-state index in [9.17, 15) is 13.2 Å². The number of alkyl halides is 3. The first-order valence-corrected chi connectivity index (χ1v) is 30.0. The van der Waals surface area contributed by atoms with Crippen molar-refractivity contribution < 1.29 is 40.6 Å². The van der Waals surface area contributed by atoms with Crippen molar-refractivity contribution >= 4 is 61.3 Å². The Kier molecular flexibility index (Phi) is 15.9. The summed E-state index contributed by atoms with van der Waals surface area (Å²) in [6.07, 6.45) is 2.96. The highest BCUT2D eigenvalue weighted by Gasteiger charge is 2.42. The molecule has 0 unspecified atom stereocenters. The van der Waals surface area contributed by atoms with Gasteiger partial charge in [0.05, 0.1) is 48.1 Å².